The Bertz CT molecular complexity index is 579. The normalized spacial score (nSPS) is 13.4. The van der Waals surface area contributed by atoms with E-state index in [1.165, 1.54) is 12.1 Å². The Morgan fingerprint density at radius 2 is 1.87 bits per heavy atom. The lowest BCUT2D eigenvalue weighted by molar-refractivity contribution is -0.130. The van der Waals surface area contributed by atoms with Crippen LogP contribution in [0.2, 0.25) is 0 Å². The van der Waals surface area contributed by atoms with Gasteiger partial charge < -0.3 is 15.3 Å². The van der Waals surface area contributed by atoms with E-state index in [1.807, 2.05) is 0 Å². The van der Waals surface area contributed by atoms with E-state index in [0.29, 0.717) is 25.9 Å². The lowest BCUT2D eigenvalue weighted by Crippen LogP contribution is -2.29. The van der Waals surface area contributed by atoms with Gasteiger partial charge in [-0.25, -0.2) is 4.79 Å². The standard InChI is InChI=1S/C17H22N2O4/c1-19(11-12-4-6-14(7-5-12)17(22)23)15(20)3-2-10-18-16(21)13-8-9-13/h4-7,13H,2-3,8-11H2,1H3,(H,18,21)(H,22,23). The fourth-order valence-electron chi connectivity index (χ4n) is 2.25. The quantitative estimate of drug-likeness (QED) is 0.714. The van der Waals surface area contributed by atoms with Gasteiger partial charge in [0.05, 0.1) is 5.56 Å². The summed E-state index contributed by atoms with van der Waals surface area (Å²) in [5.74, 6) is -0.659. The van der Waals surface area contributed by atoms with Crippen LogP contribution in [0.15, 0.2) is 24.3 Å². The second kappa shape index (κ2) is 7.76. The molecule has 1 aromatic rings. The molecule has 1 saturated carbocycles. The zero-order valence-corrected chi connectivity index (χ0v) is 13.2. The smallest absolute Gasteiger partial charge is 0.335 e. The van der Waals surface area contributed by atoms with Gasteiger partial charge in [-0.1, -0.05) is 12.1 Å². The summed E-state index contributed by atoms with van der Waals surface area (Å²) in [7, 11) is 1.72. The van der Waals surface area contributed by atoms with Crippen LogP contribution in [0.25, 0.3) is 0 Å². The van der Waals surface area contributed by atoms with E-state index in [0.717, 1.165) is 18.4 Å². The van der Waals surface area contributed by atoms with Crippen molar-refractivity contribution in [1.29, 1.82) is 0 Å². The molecule has 6 heteroatoms. The van der Waals surface area contributed by atoms with Crippen LogP contribution in [-0.4, -0.2) is 41.4 Å². The van der Waals surface area contributed by atoms with E-state index in [4.69, 9.17) is 5.11 Å². The van der Waals surface area contributed by atoms with E-state index in [9.17, 15) is 14.4 Å². The summed E-state index contributed by atoms with van der Waals surface area (Å²) in [6.45, 7) is 0.968. The highest BCUT2D eigenvalue weighted by Gasteiger charge is 2.29. The minimum absolute atomic E-state index is 0.00739. The first kappa shape index (κ1) is 17.0. The summed E-state index contributed by atoms with van der Waals surface area (Å²) >= 11 is 0. The molecule has 0 radical (unpaired) electrons. The van der Waals surface area contributed by atoms with Crippen molar-refractivity contribution in [3.8, 4) is 0 Å². The third-order valence-electron chi connectivity index (χ3n) is 3.86. The lowest BCUT2D eigenvalue weighted by Gasteiger charge is -2.17. The van der Waals surface area contributed by atoms with Gasteiger partial charge in [-0.2, -0.15) is 0 Å². The Labute approximate surface area is 135 Å². The van der Waals surface area contributed by atoms with E-state index < -0.39 is 5.97 Å². The Morgan fingerprint density at radius 1 is 1.22 bits per heavy atom. The first-order valence-electron chi connectivity index (χ1n) is 7.81. The highest BCUT2D eigenvalue weighted by atomic mass is 16.4. The van der Waals surface area contributed by atoms with Gasteiger partial charge in [0.15, 0.2) is 0 Å². The number of carbonyl (C=O) groups is 3. The van der Waals surface area contributed by atoms with Crippen LogP contribution in [0.3, 0.4) is 0 Å². The molecule has 0 bridgehead atoms. The molecule has 1 fully saturated rings. The summed E-state index contributed by atoms with van der Waals surface area (Å²) in [5, 5.41) is 11.7. The van der Waals surface area contributed by atoms with Gasteiger partial charge in [-0.05, 0) is 37.0 Å². The van der Waals surface area contributed by atoms with Gasteiger partial charge in [-0.3, -0.25) is 9.59 Å². The van der Waals surface area contributed by atoms with Gasteiger partial charge in [-0.15, -0.1) is 0 Å². The fraction of sp³-hybridized carbons (Fsp3) is 0.471. The number of nitrogens with zero attached hydrogens (tertiary/aromatic N) is 1. The highest BCUT2D eigenvalue weighted by Crippen LogP contribution is 2.28. The molecule has 1 aliphatic rings. The Hall–Kier alpha value is -2.37. The molecule has 2 N–H and O–H groups in total. The van der Waals surface area contributed by atoms with Gasteiger partial charge in [0.1, 0.15) is 0 Å². The van der Waals surface area contributed by atoms with Crippen LogP contribution in [0.1, 0.15) is 41.6 Å². The molecule has 2 amide bonds. The minimum Gasteiger partial charge on any atom is -0.478 e. The van der Waals surface area contributed by atoms with E-state index in [1.54, 1.807) is 24.1 Å². The van der Waals surface area contributed by atoms with Gasteiger partial charge in [0.25, 0.3) is 0 Å². The number of amides is 2. The van der Waals surface area contributed by atoms with Crippen LogP contribution in [0.4, 0.5) is 0 Å². The number of benzene rings is 1. The van der Waals surface area contributed by atoms with Crippen LogP contribution in [0.5, 0.6) is 0 Å². The molecule has 1 aliphatic carbocycles. The molecule has 6 nitrogen and oxygen atoms in total. The van der Waals surface area contributed by atoms with Gasteiger partial charge in [0.2, 0.25) is 11.8 Å². The number of rotatable bonds is 8. The molecule has 2 rings (SSSR count). The number of carboxylic acid groups (broad SMARTS) is 1. The predicted molar refractivity (Wildman–Crippen MR) is 84.8 cm³/mol. The molecule has 0 saturated heterocycles. The Kier molecular flexibility index (Phi) is 5.73. The van der Waals surface area contributed by atoms with Crippen molar-refractivity contribution in [2.45, 2.75) is 32.2 Å². The van der Waals surface area contributed by atoms with E-state index >= 15 is 0 Å². The predicted octanol–water partition coefficient (Wildman–Crippen LogP) is 1.65. The molecule has 0 aliphatic heterocycles. The summed E-state index contributed by atoms with van der Waals surface area (Å²) in [4.78, 5) is 35.9. The van der Waals surface area contributed by atoms with Gasteiger partial charge in [0, 0.05) is 32.5 Å². The number of hydrogen-bond donors (Lipinski definition) is 2. The fourth-order valence-corrected chi connectivity index (χ4v) is 2.25. The first-order valence-corrected chi connectivity index (χ1v) is 7.81. The summed E-state index contributed by atoms with van der Waals surface area (Å²) in [6, 6.07) is 6.49. The summed E-state index contributed by atoms with van der Waals surface area (Å²) in [5.41, 5.74) is 1.11. The molecule has 1 aromatic carbocycles. The van der Waals surface area contributed by atoms with E-state index in [2.05, 4.69) is 5.32 Å². The van der Waals surface area contributed by atoms with Crippen LogP contribution < -0.4 is 5.32 Å². The van der Waals surface area contributed by atoms with Crippen molar-refractivity contribution < 1.29 is 19.5 Å². The number of carboxylic acids is 1. The number of carbonyl (C=O) groups excluding carboxylic acids is 2. The van der Waals surface area contributed by atoms with Crippen molar-refractivity contribution in [3.05, 3.63) is 35.4 Å². The molecule has 0 unspecified atom stereocenters. The van der Waals surface area contributed by atoms with Gasteiger partial charge >= 0.3 is 5.97 Å². The van der Waals surface area contributed by atoms with Crippen molar-refractivity contribution in [2.24, 2.45) is 5.92 Å². The minimum atomic E-state index is -0.964. The SMILES string of the molecule is CN(Cc1ccc(C(=O)O)cc1)C(=O)CCCNC(=O)C1CC1. The van der Waals surface area contributed by atoms with Crippen LogP contribution >= 0.6 is 0 Å². The van der Waals surface area contributed by atoms with E-state index in [-0.39, 0.29) is 23.3 Å². The van der Waals surface area contributed by atoms with Crippen molar-refractivity contribution in [3.63, 3.8) is 0 Å². The van der Waals surface area contributed by atoms with Crippen molar-refractivity contribution >= 4 is 17.8 Å². The lowest BCUT2D eigenvalue weighted by atomic mass is 10.1. The maximum absolute atomic E-state index is 12.0. The number of hydrogen-bond acceptors (Lipinski definition) is 3. The Morgan fingerprint density at radius 3 is 2.43 bits per heavy atom. The largest absolute Gasteiger partial charge is 0.478 e. The average Bonchev–Trinajstić information content (AvgIpc) is 3.36. The molecule has 23 heavy (non-hydrogen) atoms. The second-order valence-electron chi connectivity index (χ2n) is 5.92. The van der Waals surface area contributed by atoms with Crippen LogP contribution in [0, 0.1) is 5.92 Å². The van der Waals surface area contributed by atoms with Crippen molar-refractivity contribution in [2.75, 3.05) is 13.6 Å². The van der Waals surface area contributed by atoms with Crippen molar-refractivity contribution in [1.82, 2.24) is 10.2 Å². The molecule has 0 aromatic heterocycles. The second-order valence-corrected chi connectivity index (χ2v) is 5.92. The monoisotopic (exact) mass is 318 g/mol. The zero-order valence-electron chi connectivity index (χ0n) is 13.2. The molecule has 124 valence electrons. The molecule has 0 heterocycles. The third-order valence-corrected chi connectivity index (χ3v) is 3.86. The molecule has 0 spiro atoms. The molecular formula is C17H22N2O4. The first-order chi connectivity index (χ1) is 11.0. The topological polar surface area (TPSA) is 86.7 Å². The maximum atomic E-state index is 12.0. The molecular weight excluding hydrogens is 296 g/mol. The number of aromatic carboxylic acids is 1. The maximum Gasteiger partial charge on any atom is 0.335 e. The highest BCUT2D eigenvalue weighted by molar-refractivity contribution is 5.87. The summed E-state index contributed by atoms with van der Waals surface area (Å²) < 4.78 is 0. The molecule has 0 atom stereocenters. The average molecular weight is 318 g/mol. The third kappa shape index (κ3) is 5.39. The Balaban J connectivity index is 1.69. The summed E-state index contributed by atoms with van der Waals surface area (Å²) in [6.07, 6.45) is 2.97. The zero-order chi connectivity index (χ0) is 16.8. The number of nitrogens with one attached hydrogen (secondary N) is 1. The van der Waals surface area contributed by atoms with Crippen LogP contribution in [-0.2, 0) is 16.1 Å².